The summed E-state index contributed by atoms with van der Waals surface area (Å²) in [4.78, 5) is 24.5. The van der Waals surface area contributed by atoms with Crippen LogP contribution in [0.5, 0.6) is 0 Å². The number of hydrogen-bond donors (Lipinski definition) is 1. The monoisotopic (exact) mass is 266 g/mol. The molecule has 1 aliphatic carbocycles. The van der Waals surface area contributed by atoms with Gasteiger partial charge in [0, 0.05) is 25.1 Å². The minimum atomic E-state index is -0.912. The smallest absolute Gasteiger partial charge is 0.308 e. The Kier molecular flexibility index (Phi) is 3.87. The van der Waals surface area contributed by atoms with Crippen molar-refractivity contribution in [3.05, 3.63) is 17.5 Å². The van der Waals surface area contributed by atoms with Crippen molar-refractivity contribution in [3.8, 4) is 0 Å². The second kappa shape index (κ2) is 5.42. The lowest BCUT2D eigenvalue weighted by Gasteiger charge is -2.21. The molecule has 0 aliphatic heterocycles. The van der Waals surface area contributed by atoms with Crippen LogP contribution in [0.3, 0.4) is 0 Å². The Bertz CT molecular complexity index is 479. The van der Waals surface area contributed by atoms with Crippen LogP contribution >= 0.6 is 0 Å². The molecule has 1 unspecified atom stereocenters. The van der Waals surface area contributed by atoms with Crippen LogP contribution in [0.4, 0.5) is 0 Å². The van der Waals surface area contributed by atoms with Crippen LogP contribution in [0.15, 0.2) is 10.6 Å². The number of carbonyl (C=O) groups excluding carboxylic acids is 1. The summed E-state index contributed by atoms with van der Waals surface area (Å²) in [5, 5.41) is 12.7. The van der Waals surface area contributed by atoms with Gasteiger partial charge in [0.1, 0.15) is 5.76 Å². The van der Waals surface area contributed by atoms with Gasteiger partial charge in [0.15, 0.2) is 5.69 Å². The topological polar surface area (TPSA) is 83.6 Å². The summed E-state index contributed by atoms with van der Waals surface area (Å²) >= 11 is 0. The fourth-order valence-electron chi connectivity index (χ4n) is 1.88. The minimum Gasteiger partial charge on any atom is -0.481 e. The maximum absolute atomic E-state index is 12.2. The van der Waals surface area contributed by atoms with Crippen molar-refractivity contribution in [2.45, 2.75) is 32.6 Å². The molecule has 104 valence electrons. The highest BCUT2D eigenvalue weighted by molar-refractivity contribution is 5.92. The standard InChI is InChI=1S/C13H18N2O4/c1-3-15(7-8(2)13(17)18)12(16)10-6-11(19-14-10)9-4-5-9/h6,8-9H,3-5,7H2,1-2H3,(H,17,18). The van der Waals surface area contributed by atoms with E-state index in [1.807, 2.05) is 6.92 Å². The molecule has 0 radical (unpaired) electrons. The van der Waals surface area contributed by atoms with Crippen molar-refractivity contribution in [2.24, 2.45) is 5.92 Å². The number of amides is 1. The van der Waals surface area contributed by atoms with E-state index in [1.54, 1.807) is 13.0 Å². The Balaban J connectivity index is 2.04. The van der Waals surface area contributed by atoms with E-state index >= 15 is 0 Å². The number of hydrogen-bond acceptors (Lipinski definition) is 4. The Hall–Kier alpha value is -1.85. The lowest BCUT2D eigenvalue weighted by Crippen LogP contribution is -2.36. The second-order valence-corrected chi connectivity index (χ2v) is 4.97. The number of rotatable bonds is 6. The third-order valence-corrected chi connectivity index (χ3v) is 3.31. The van der Waals surface area contributed by atoms with Crippen LogP contribution < -0.4 is 0 Å². The summed E-state index contributed by atoms with van der Waals surface area (Å²) < 4.78 is 5.14. The van der Waals surface area contributed by atoms with E-state index in [0.717, 1.165) is 18.6 Å². The first-order valence-electron chi connectivity index (χ1n) is 6.51. The van der Waals surface area contributed by atoms with Crippen molar-refractivity contribution in [1.82, 2.24) is 10.1 Å². The molecule has 0 saturated heterocycles. The van der Waals surface area contributed by atoms with E-state index in [1.165, 1.54) is 4.90 Å². The molecule has 1 amide bonds. The number of carboxylic acids is 1. The van der Waals surface area contributed by atoms with E-state index < -0.39 is 11.9 Å². The lowest BCUT2D eigenvalue weighted by molar-refractivity contribution is -0.141. The van der Waals surface area contributed by atoms with Gasteiger partial charge in [-0.05, 0) is 19.8 Å². The van der Waals surface area contributed by atoms with E-state index in [4.69, 9.17) is 9.63 Å². The van der Waals surface area contributed by atoms with Crippen molar-refractivity contribution < 1.29 is 19.2 Å². The molecule has 6 nitrogen and oxygen atoms in total. The van der Waals surface area contributed by atoms with Crippen LogP contribution in [0.1, 0.15) is 48.9 Å². The molecule has 1 heterocycles. The molecule has 0 spiro atoms. The first-order chi connectivity index (χ1) is 9.02. The molecule has 19 heavy (non-hydrogen) atoms. The van der Waals surface area contributed by atoms with Crippen molar-refractivity contribution >= 4 is 11.9 Å². The Morgan fingerprint density at radius 3 is 2.79 bits per heavy atom. The molecule has 2 rings (SSSR count). The zero-order valence-corrected chi connectivity index (χ0v) is 11.1. The van der Waals surface area contributed by atoms with Crippen LogP contribution in [-0.2, 0) is 4.79 Å². The van der Waals surface area contributed by atoms with E-state index in [9.17, 15) is 9.59 Å². The van der Waals surface area contributed by atoms with Crippen LogP contribution in [0, 0.1) is 5.92 Å². The highest BCUT2D eigenvalue weighted by Gasteiger charge is 2.30. The van der Waals surface area contributed by atoms with E-state index in [-0.39, 0.29) is 18.1 Å². The molecular formula is C13H18N2O4. The van der Waals surface area contributed by atoms with Gasteiger partial charge in [-0.1, -0.05) is 12.1 Å². The average molecular weight is 266 g/mol. The number of carboxylic acid groups (broad SMARTS) is 1. The molecular weight excluding hydrogens is 248 g/mol. The highest BCUT2D eigenvalue weighted by Crippen LogP contribution is 2.40. The SMILES string of the molecule is CCN(CC(C)C(=O)O)C(=O)c1cc(C2CC2)on1. The summed E-state index contributed by atoms with van der Waals surface area (Å²) in [5.74, 6) is -0.622. The Labute approximate surface area is 111 Å². The fourth-order valence-corrected chi connectivity index (χ4v) is 1.88. The van der Waals surface area contributed by atoms with E-state index in [2.05, 4.69) is 5.16 Å². The maximum atomic E-state index is 12.2. The summed E-state index contributed by atoms with van der Waals surface area (Å²) in [5.41, 5.74) is 0.265. The quantitative estimate of drug-likeness (QED) is 0.847. The first-order valence-corrected chi connectivity index (χ1v) is 6.51. The Morgan fingerprint density at radius 1 is 1.58 bits per heavy atom. The summed E-state index contributed by atoms with van der Waals surface area (Å²) in [6.45, 7) is 4.02. The van der Waals surface area contributed by atoms with Crippen LogP contribution in [-0.4, -0.2) is 40.1 Å². The molecule has 0 aromatic carbocycles. The predicted octanol–water partition coefficient (Wildman–Crippen LogP) is 1.73. The molecule has 1 saturated carbocycles. The van der Waals surface area contributed by atoms with Gasteiger partial charge in [-0.15, -0.1) is 0 Å². The van der Waals surface area contributed by atoms with Crippen LogP contribution in [0.25, 0.3) is 0 Å². The number of nitrogens with zero attached hydrogens (tertiary/aromatic N) is 2. The van der Waals surface area contributed by atoms with Gasteiger partial charge in [0.05, 0.1) is 5.92 Å². The third-order valence-electron chi connectivity index (χ3n) is 3.31. The van der Waals surface area contributed by atoms with Gasteiger partial charge in [-0.2, -0.15) is 0 Å². The van der Waals surface area contributed by atoms with E-state index in [0.29, 0.717) is 12.5 Å². The average Bonchev–Trinajstić information content (AvgIpc) is 3.12. The van der Waals surface area contributed by atoms with Crippen molar-refractivity contribution in [2.75, 3.05) is 13.1 Å². The summed E-state index contributed by atoms with van der Waals surface area (Å²) in [6.07, 6.45) is 2.16. The van der Waals surface area contributed by atoms with Crippen LogP contribution in [0.2, 0.25) is 0 Å². The number of aromatic nitrogens is 1. The zero-order valence-electron chi connectivity index (χ0n) is 11.1. The molecule has 1 atom stereocenters. The van der Waals surface area contributed by atoms with Gasteiger partial charge in [0.2, 0.25) is 0 Å². The van der Waals surface area contributed by atoms with Gasteiger partial charge < -0.3 is 14.5 Å². The van der Waals surface area contributed by atoms with Gasteiger partial charge in [-0.3, -0.25) is 9.59 Å². The maximum Gasteiger partial charge on any atom is 0.308 e. The molecule has 1 aromatic rings. The molecule has 1 aliphatic rings. The summed E-state index contributed by atoms with van der Waals surface area (Å²) in [6, 6.07) is 1.67. The van der Waals surface area contributed by atoms with Crippen molar-refractivity contribution in [1.29, 1.82) is 0 Å². The van der Waals surface area contributed by atoms with Gasteiger partial charge in [-0.25, -0.2) is 0 Å². The molecule has 1 fully saturated rings. The minimum absolute atomic E-state index is 0.177. The largest absolute Gasteiger partial charge is 0.481 e. The molecule has 6 heteroatoms. The second-order valence-electron chi connectivity index (χ2n) is 4.97. The third kappa shape index (κ3) is 3.13. The summed E-state index contributed by atoms with van der Waals surface area (Å²) in [7, 11) is 0. The lowest BCUT2D eigenvalue weighted by atomic mass is 10.1. The van der Waals surface area contributed by atoms with Gasteiger partial charge >= 0.3 is 5.97 Å². The zero-order chi connectivity index (χ0) is 14.0. The molecule has 0 bridgehead atoms. The number of carbonyl (C=O) groups is 2. The molecule has 1 N–H and O–H groups in total. The normalized spacial score (nSPS) is 16.1. The Morgan fingerprint density at radius 2 is 2.26 bits per heavy atom. The predicted molar refractivity (Wildman–Crippen MR) is 66.9 cm³/mol. The number of aliphatic carboxylic acids is 1. The van der Waals surface area contributed by atoms with Gasteiger partial charge in [0.25, 0.3) is 5.91 Å². The molecule has 1 aromatic heterocycles. The fraction of sp³-hybridized carbons (Fsp3) is 0.615. The van der Waals surface area contributed by atoms with Crippen molar-refractivity contribution in [3.63, 3.8) is 0 Å². The highest BCUT2D eigenvalue weighted by atomic mass is 16.5. The first kappa shape index (κ1) is 13.6.